The maximum atomic E-state index is 11.8. The molecule has 2 aromatic carbocycles. The molecule has 0 radical (unpaired) electrons. The number of ether oxygens (including phenoxy) is 1. The van der Waals surface area contributed by atoms with Crippen molar-refractivity contribution in [1.29, 1.82) is 0 Å². The first kappa shape index (κ1) is 12.5. The molecule has 100 valence electrons. The summed E-state index contributed by atoms with van der Waals surface area (Å²) in [6.45, 7) is 2.18. The van der Waals surface area contributed by atoms with E-state index in [1.165, 1.54) is 10.1 Å². The number of rotatable bonds is 2. The van der Waals surface area contributed by atoms with Gasteiger partial charge in [-0.05, 0) is 36.2 Å². The van der Waals surface area contributed by atoms with Crippen LogP contribution in [0.1, 0.15) is 6.92 Å². The molecule has 0 N–H and O–H groups in total. The van der Waals surface area contributed by atoms with E-state index in [2.05, 4.69) is 18.2 Å². The minimum Gasteiger partial charge on any atom is -0.449 e. The Morgan fingerprint density at radius 1 is 1.05 bits per heavy atom. The zero-order valence-electron chi connectivity index (χ0n) is 11.2. The lowest BCUT2D eigenvalue weighted by atomic mass is 10.0. The Hall–Kier alpha value is -2.55. The van der Waals surface area contributed by atoms with Crippen molar-refractivity contribution in [2.45, 2.75) is 6.92 Å². The number of nitrogens with zero attached hydrogens (tertiary/aromatic N) is 1. The highest BCUT2D eigenvalue weighted by molar-refractivity contribution is 5.92. The molecule has 0 bridgehead atoms. The van der Waals surface area contributed by atoms with Gasteiger partial charge in [0, 0.05) is 11.6 Å². The number of hydrogen-bond donors (Lipinski definition) is 0. The first-order chi connectivity index (χ1) is 9.79. The molecule has 0 aliphatic carbocycles. The third-order valence-electron chi connectivity index (χ3n) is 3.26. The highest BCUT2D eigenvalue weighted by Gasteiger charge is 2.09. The first-order valence-corrected chi connectivity index (χ1v) is 6.63. The summed E-state index contributed by atoms with van der Waals surface area (Å²) in [6.07, 6.45) is 1.41. The lowest BCUT2D eigenvalue weighted by Gasteiger charge is -2.05. The van der Waals surface area contributed by atoms with Gasteiger partial charge in [0.2, 0.25) is 0 Å². The van der Waals surface area contributed by atoms with Crippen molar-refractivity contribution in [3.8, 4) is 11.1 Å². The van der Waals surface area contributed by atoms with Crippen molar-refractivity contribution >= 4 is 17.0 Å². The molecule has 1 heterocycles. The molecule has 0 atom stereocenters. The molecule has 3 rings (SSSR count). The lowest BCUT2D eigenvalue weighted by molar-refractivity contribution is 0.155. The van der Waals surface area contributed by atoms with Crippen LogP contribution in [-0.2, 0) is 4.74 Å². The van der Waals surface area contributed by atoms with Crippen LogP contribution in [0.5, 0.6) is 0 Å². The van der Waals surface area contributed by atoms with Gasteiger partial charge in [0.1, 0.15) is 0 Å². The van der Waals surface area contributed by atoms with Crippen molar-refractivity contribution < 1.29 is 9.53 Å². The van der Waals surface area contributed by atoms with Crippen molar-refractivity contribution in [2.75, 3.05) is 6.61 Å². The standard InChI is InChI=1S/C17H15NO2/c1-2-20-17(19)18-11-10-15-12-14(8-9-16(15)18)13-6-4-3-5-7-13/h3-12H,2H2,1H3. The van der Waals surface area contributed by atoms with Crippen LogP contribution in [0.25, 0.3) is 22.0 Å². The molecule has 0 amide bonds. The second-order valence-electron chi connectivity index (χ2n) is 4.52. The molecule has 0 saturated carbocycles. The summed E-state index contributed by atoms with van der Waals surface area (Å²) < 4.78 is 6.57. The molecule has 3 aromatic rings. The summed E-state index contributed by atoms with van der Waals surface area (Å²) in [6, 6.07) is 18.2. The number of benzene rings is 2. The van der Waals surface area contributed by atoms with Gasteiger partial charge in [-0.25, -0.2) is 4.79 Å². The van der Waals surface area contributed by atoms with Crippen LogP contribution in [0.3, 0.4) is 0 Å². The molecular formula is C17H15NO2. The largest absolute Gasteiger partial charge is 0.449 e. The van der Waals surface area contributed by atoms with Gasteiger partial charge in [0.05, 0.1) is 12.1 Å². The van der Waals surface area contributed by atoms with E-state index in [1.807, 2.05) is 36.4 Å². The average Bonchev–Trinajstić information content (AvgIpc) is 2.91. The Kier molecular flexibility index (Phi) is 3.25. The Balaban J connectivity index is 2.04. The maximum absolute atomic E-state index is 11.8. The van der Waals surface area contributed by atoms with Crippen LogP contribution in [0.4, 0.5) is 4.79 Å². The van der Waals surface area contributed by atoms with E-state index < -0.39 is 0 Å². The molecule has 3 heteroatoms. The minimum atomic E-state index is -0.338. The monoisotopic (exact) mass is 265 g/mol. The second kappa shape index (κ2) is 5.21. The molecule has 1 aromatic heterocycles. The molecule has 3 nitrogen and oxygen atoms in total. The Labute approximate surface area is 117 Å². The number of aromatic nitrogens is 1. The first-order valence-electron chi connectivity index (χ1n) is 6.63. The fourth-order valence-corrected chi connectivity index (χ4v) is 2.30. The van der Waals surface area contributed by atoms with Gasteiger partial charge >= 0.3 is 6.09 Å². The molecular weight excluding hydrogens is 250 g/mol. The zero-order chi connectivity index (χ0) is 13.9. The van der Waals surface area contributed by atoms with Gasteiger partial charge < -0.3 is 4.74 Å². The Bertz CT molecular complexity index is 744. The van der Waals surface area contributed by atoms with E-state index in [0.29, 0.717) is 6.61 Å². The topological polar surface area (TPSA) is 31.2 Å². The predicted molar refractivity (Wildman–Crippen MR) is 79.8 cm³/mol. The van der Waals surface area contributed by atoms with Gasteiger partial charge in [-0.3, -0.25) is 4.57 Å². The van der Waals surface area contributed by atoms with Crippen molar-refractivity contribution in [1.82, 2.24) is 4.57 Å². The van der Waals surface area contributed by atoms with Gasteiger partial charge in [-0.15, -0.1) is 0 Å². The minimum absolute atomic E-state index is 0.338. The van der Waals surface area contributed by atoms with Crippen LogP contribution < -0.4 is 0 Å². The fraction of sp³-hybridized carbons (Fsp3) is 0.118. The molecule has 0 saturated heterocycles. The fourth-order valence-electron chi connectivity index (χ4n) is 2.30. The molecule has 0 aliphatic rings. The number of hydrogen-bond acceptors (Lipinski definition) is 2. The Morgan fingerprint density at radius 3 is 2.60 bits per heavy atom. The molecule has 0 fully saturated rings. The Morgan fingerprint density at radius 2 is 1.85 bits per heavy atom. The quantitative estimate of drug-likeness (QED) is 0.691. The van der Waals surface area contributed by atoms with Crippen molar-refractivity contribution in [3.05, 3.63) is 60.8 Å². The normalized spacial score (nSPS) is 10.7. The molecule has 0 aliphatic heterocycles. The smallest absolute Gasteiger partial charge is 0.418 e. The lowest BCUT2D eigenvalue weighted by Crippen LogP contribution is -2.11. The summed E-state index contributed by atoms with van der Waals surface area (Å²) in [5.74, 6) is 0. The van der Waals surface area contributed by atoms with E-state index in [0.717, 1.165) is 16.5 Å². The number of carbonyl (C=O) groups excluding carboxylic acids is 1. The highest BCUT2D eigenvalue weighted by atomic mass is 16.5. The molecule has 0 unspecified atom stereocenters. The molecule has 20 heavy (non-hydrogen) atoms. The van der Waals surface area contributed by atoms with E-state index >= 15 is 0 Å². The van der Waals surface area contributed by atoms with Crippen LogP contribution >= 0.6 is 0 Å². The van der Waals surface area contributed by atoms with Gasteiger partial charge in [0.25, 0.3) is 0 Å². The summed E-state index contributed by atoms with van der Waals surface area (Å²) in [5, 5.41) is 1.03. The van der Waals surface area contributed by atoms with Gasteiger partial charge in [-0.1, -0.05) is 36.4 Å². The van der Waals surface area contributed by atoms with E-state index in [1.54, 1.807) is 13.1 Å². The van der Waals surface area contributed by atoms with Crippen molar-refractivity contribution in [3.63, 3.8) is 0 Å². The van der Waals surface area contributed by atoms with Gasteiger partial charge in [-0.2, -0.15) is 0 Å². The second-order valence-corrected chi connectivity index (χ2v) is 4.52. The van der Waals surface area contributed by atoms with Crippen LogP contribution in [-0.4, -0.2) is 17.3 Å². The predicted octanol–water partition coefficient (Wildman–Crippen LogP) is 4.31. The van der Waals surface area contributed by atoms with Crippen LogP contribution in [0, 0.1) is 0 Å². The van der Waals surface area contributed by atoms with Crippen LogP contribution in [0.15, 0.2) is 60.8 Å². The SMILES string of the molecule is CCOC(=O)n1ccc2cc(-c3ccccc3)ccc21. The average molecular weight is 265 g/mol. The van der Waals surface area contributed by atoms with Gasteiger partial charge in [0.15, 0.2) is 0 Å². The third-order valence-corrected chi connectivity index (χ3v) is 3.26. The maximum Gasteiger partial charge on any atom is 0.418 e. The van der Waals surface area contributed by atoms with E-state index in [-0.39, 0.29) is 6.09 Å². The van der Waals surface area contributed by atoms with E-state index in [9.17, 15) is 4.79 Å². The van der Waals surface area contributed by atoms with Crippen molar-refractivity contribution in [2.24, 2.45) is 0 Å². The molecule has 0 spiro atoms. The van der Waals surface area contributed by atoms with E-state index in [4.69, 9.17) is 4.74 Å². The summed E-state index contributed by atoms with van der Waals surface area (Å²) in [7, 11) is 0. The van der Waals surface area contributed by atoms with Crippen LogP contribution in [0.2, 0.25) is 0 Å². The number of carbonyl (C=O) groups is 1. The highest BCUT2D eigenvalue weighted by Crippen LogP contribution is 2.25. The number of fused-ring (bicyclic) bond motifs is 1. The summed E-state index contributed by atoms with van der Waals surface area (Å²) >= 11 is 0. The summed E-state index contributed by atoms with van der Waals surface area (Å²) in [5.41, 5.74) is 3.17. The summed E-state index contributed by atoms with van der Waals surface area (Å²) in [4.78, 5) is 11.8. The third kappa shape index (κ3) is 2.18. The zero-order valence-corrected chi connectivity index (χ0v) is 11.2.